The molecule has 1 rings (SSSR count). The number of carbonyl (C=O) groups excluding carboxylic acids is 1. The minimum Gasteiger partial charge on any atom is -0.354 e. The Balaban J connectivity index is 2.63. The van der Waals surface area contributed by atoms with Crippen LogP contribution < -0.4 is 10.6 Å². The zero-order valence-corrected chi connectivity index (χ0v) is 10.0. The Labute approximate surface area is 92.4 Å². The summed E-state index contributed by atoms with van der Waals surface area (Å²) >= 11 is 0. The van der Waals surface area contributed by atoms with Crippen molar-refractivity contribution in [2.45, 2.75) is 26.3 Å². The van der Waals surface area contributed by atoms with E-state index >= 15 is 0 Å². The van der Waals surface area contributed by atoms with Gasteiger partial charge in [0.25, 0.3) is 0 Å². The van der Waals surface area contributed by atoms with Crippen LogP contribution in [0, 0.1) is 5.92 Å². The molecule has 0 bridgehead atoms. The van der Waals surface area contributed by atoms with Crippen molar-refractivity contribution in [2.24, 2.45) is 5.92 Å². The topological polar surface area (TPSA) is 44.4 Å². The first-order chi connectivity index (χ1) is 7.19. The van der Waals surface area contributed by atoms with Crippen LogP contribution >= 0.6 is 0 Å². The molecular weight excluding hydrogens is 190 g/mol. The number of nitrogens with zero attached hydrogens (tertiary/aromatic N) is 1. The third-order valence-corrected chi connectivity index (χ3v) is 2.99. The molecule has 4 heteroatoms. The molecule has 1 aliphatic heterocycles. The molecule has 88 valence electrons. The lowest BCUT2D eigenvalue weighted by atomic mass is 10.1. The van der Waals surface area contributed by atoms with E-state index in [0.717, 1.165) is 32.6 Å². The van der Waals surface area contributed by atoms with Crippen LogP contribution in [0.2, 0.25) is 0 Å². The maximum Gasteiger partial charge on any atom is 0.237 e. The summed E-state index contributed by atoms with van der Waals surface area (Å²) in [5.74, 6) is 0.741. The van der Waals surface area contributed by atoms with Crippen LogP contribution in [0.5, 0.6) is 0 Å². The first-order valence-electron chi connectivity index (χ1n) is 5.85. The van der Waals surface area contributed by atoms with E-state index in [1.165, 1.54) is 0 Å². The number of hydrogen-bond acceptors (Lipinski definition) is 3. The van der Waals surface area contributed by atoms with E-state index in [1.807, 2.05) is 7.05 Å². The van der Waals surface area contributed by atoms with E-state index in [-0.39, 0.29) is 11.9 Å². The molecule has 0 radical (unpaired) electrons. The Morgan fingerprint density at radius 3 is 2.93 bits per heavy atom. The fourth-order valence-electron chi connectivity index (χ4n) is 2.09. The molecule has 0 aromatic rings. The van der Waals surface area contributed by atoms with Crippen LogP contribution in [0.1, 0.15) is 20.3 Å². The predicted octanol–water partition coefficient (Wildman–Crippen LogP) is 0.0523. The quantitative estimate of drug-likeness (QED) is 0.694. The fraction of sp³-hybridized carbons (Fsp3) is 0.909. The molecule has 0 saturated carbocycles. The van der Waals surface area contributed by atoms with Crippen molar-refractivity contribution < 1.29 is 4.79 Å². The van der Waals surface area contributed by atoms with Crippen molar-refractivity contribution in [2.75, 3.05) is 33.2 Å². The fourth-order valence-corrected chi connectivity index (χ4v) is 2.09. The largest absolute Gasteiger partial charge is 0.354 e. The first-order valence-corrected chi connectivity index (χ1v) is 5.85. The van der Waals surface area contributed by atoms with Crippen LogP contribution in [-0.4, -0.2) is 50.1 Å². The van der Waals surface area contributed by atoms with E-state index in [4.69, 9.17) is 0 Å². The molecule has 0 aliphatic carbocycles. The molecule has 1 aliphatic rings. The highest BCUT2D eigenvalue weighted by atomic mass is 16.2. The summed E-state index contributed by atoms with van der Waals surface area (Å²) in [7, 11) is 1.92. The monoisotopic (exact) mass is 213 g/mol. The Bertz CT molecular complexity index is 208. The second-order valence-corrected chi connectivity index (χ2v) is 4.35. The summed E-state index contributed by atoms with van der Waals surface area (Å²) in [5, 5.41) is 6.11. The zero-order valence-electron chi connectivity index (χ0n) is 10.0. The lowest BCUT2D eigenvalue weighted by molar-refractivity contribution is -0.125. The smallest absolute Gasteiger partial charge is 0.237 e. The molecule has 0 aromatic carbocycles. The average molecular weight is 213 g/mol. The number of rotatable bonds is 4. The van der Waals surface area contributed by atoms with Gasteiger partial charge in [0.05, 0.1) is 6.04 Å². The second kappa shape index (κ2) is 6.08. The number of amides is 1. The van der Waals surface area contributed by atoms with Crippen LogP contribution in [-0.2, 0) is 4.79 Å². The Morgan fingerprint density at radius 2 is 2.33 bits per heavy atom. The second-order valence-electron chi connectivity index (χ2n) is 4.35. The molecule has 1 fully saturated rings. The van der Waals surface area contributed by atoms with Gasteiger partial charge >= 0.3 is 0 Å². The highest BCUT2D eigenvalue weighted by Gasteiger charge is 2.28. The minimum atomic E-state index is 0.0485. The van der Waals surface area contributed by atoms with Crippen LogP contribution in [0.4, 0.5) is 0 Å². The lowest BCUT2D eigenvalue weighted by Crippen LogP contribution is -2.45. The van der Waals surface area contributed by atoms with Crippen LogP contribution in [0.25, 0.3) is 0 Å². The first kappa shape index (κ1) is 12.5. The molecule has 0 aromatic heterocycles. The standard InChI is InChI=1S/C11H23N3O/c1-4-14-8-9(2)7-13-11(15)10(14)5-6-12-3/h9-10,12H,4-8H2,1-3H3,(H,13,15). The predicted molar refractivity (Wildman–Crippen MR) is 61.8 cm³/mol. The molecule has 2 atom stereocenters. The van der Waals surface area contributed by atoms with Gasteiger partial charge in [-0.1, -0.05) is 13.8 Å². The third-order valence-electron chi connectivity index (χ3n) is 2.99. The number of hydrogen-bond donors (Lipinski definition) is 2. The molecule has 1 saturated heterocycles. The van der Waals surface area contributed by atoms with Crippen molar-refractivity contribution in [3.63, 3.8) is 0 Å². The van der Waals surface area contributed by atoms with Gasteiger partial charge in [0.1, 0.15) is 0 Å². The van der Waals surface area contributed by atoms with Gasteiger partial charge < -0.3 is 10.6 Å². The molecule has 4 nitrogen and oxygen atoms in total. The molecule has 0 spiro atoms. The van der Waals surface area contributed by atoms with Crippen molar-refractivity contribution in [1.29, 1.82) is 0 Å². The maximum absolute atomic E-state index is 11.9. The SMILES string of the molecule is CCN1CC(C)CNC(=O)C1CCNC. The number of nitrogens with one attached hydrogen (secondary N) is 2. The highest BCUT2D eigenvalue weighted by molar-refractivity contribution is 5.82. The van der Waals surface area contributed by atoms with Gasteiger partial charge in [0.15, 0.2) is 0 Å². The van der Waals surface area contributed by atoms with Crippen LogP contribution in [0.3, 0.4) is 0 Å². The third kappa shape index (κ3) is 3.47. The van der Waals surface area contributed by atoms with Crippen molar-refractivity contribution >= 4 is 5.91 Å². The molecule has 1 heterocycles. The lowest BCUT2D eigenvalue weighted by Gasteiger charge is -2.27. The van der Waals surface area contributed by atoms with Crippen molar-refractivity contribution in [1.82, 2.24) is 15.5 Å². The van der Waals surface area contributed by atoms with E-state index in [0.29, 0.717) is 5.92 Å². The summed E-state index contributed by atoms with van der Waals surface area (Å²) in [4.78, 5) is 14.1. The van der Waals surface area contributed by atoms with E-state index in [2.05, 4.69) is 29.4 Å². The summed E-state index contributed by atoms with van der Waals surface area (Å²) in [5.41, 5.74) is 0. The van der Waals surface area contributed by atoms with Gasteiger partial charge in [-0.3, -0.25) is 9.69 Å². The number of carbonyl (C=O) groups is 1. The molecule has 2 N–H and O–H groups in total. The normalized spacial score (nSPS) is 28.6. The van der Waals surface area contributed by atoms with Crippen molar-refractivity contribution in [3.05, 3.63) is 0 Å². The van der Waals surface area contributed by atoms with Gasteiger partial charge in [-0.05, 0) is 32.5 Å². The summed E-state index contributed by atoms with van der Waals surface area (Å²) in [6, 6.07) is 0.0485. The molecule has 15 heavy (non-hydrogen) atoms. The van der Waals surface area contributed by atoms with E-state index < -0.39 is 0 Å². The summed E-state index contributed by atoms with van der Waals surface area (Å²) < 4.78 is 0. The average Bonchev–Trinajstić information content (AvgIpc) is 2.37. The van der Waals surface area contributed by atoms with Gasteiger partial charge in [0, 0.05) is 13.1 Å². The zero-order chi connectivity index (χ0) is 11.3. The Kier molecular flexibility index (Phi) is 5.05. The summed E-state index contributed by atoms with van der Waals surface area (Å²) in [6.07, 6.45) is 0.892. The maximum atomic E-state index is 11.9. The van der Waals surface area contributed by atoms with E-state index in [9.17, 15) is 4.79 Å². The Morgan fingerprint density at radius 1 is 1.60 bits per heavy atom. The Hall–Kier alpha value is -0.610. The van der Waals surface area contributed by atoms with Gasteiger partial charge in [-0.25, -0.2) is 0 Å². The number of likely N-dealkylation sites (N-methyl/N-ethyl adjacent to an activating group) is 1. The molecule has 2 unspecified atom stereocenters. The van der Waals surface area contributed by atoms with E-state index in [1.54, 1.807) is 0 Å². The molecular formula is C11H23N3O. The van der Waals surface area contributed by atoms with Crippen molar-refractivity contribution in [3.8, 4) is 0 Å². The van der Waals surface area contributed by atoms with Gasteiger partial charge in [-0.2, -0.15) is 0 Å². The van der Waals surface area contributed by atoms with Crippen LogP contribution in [0.15, 0.2) is 0 Å². The molecule has 1 amide bonds. The highest BCUT2D eigenvalue weighted by Crippen LogP contribution is 2.11. The minimum absolute atomic E-state index is 0.0485. The van der Waals surface area contributed by atoms with Gasteiger partial charge in [-0.15, -0.1) is 0 Å². The van der Waals surface area contributed by atoms with Gasteiger partial charge in [0.2, 0.25) is 5.91 Å². The summed E-state index contributed by atoms with van der Waals surface area (Å²) in [6.45, 7) is 7.98.